The third kappa shape index (κ3) is 2.26. The number of hydrogen-bond acceptors (Lipinski definition) is 3. The van der Waals surface area contributed by atoms with E-state index in [1.807, 2.05) is 0 Å². The number of amides is 2. The lowest BCUT2D eigenvalue weighted by Gasteiger charge is -2.21. The minimum absolute atomic E-state index is 0.148. The van der Waals surface area contributed by atoms with Crippen LogP contribution in [0.5, 0.6) is 0 Å². The molecular formula is C11H12FN3O2. The predicted molar refractivity (Wildman–Crippen MR) is 61.1 cm³/mol. The van der Waals surface area contributed by atoms with Gasteiger partial charge in [0.25, 0.3) is 0 Å². The maximum absolute atomic E-state index is 13.1. The van der Waals surface area contributed by atoms with Crippen LogP contribution in [0, 0.1) is 5.82 Å². The summed E-state index contributed by atoms with van der Waals surface area (Å²) >= 11 is 0. The Kier molecular flexibility index (Phi) is 3.06. The fourth-order valence-electron chi connectivity index (χ4n) is 1.76. The van der Waals surface area contributed by atoms with Crippen LogP contribution >= 0.6 is 0 Å². The zero-order valence-corrected chi connectivity index (χ0v) is 9.07. The van der Waals surface area contributed by atoms with Crippen molar-refractivity contribution in [3.8, 4) is 0 Å². The summed E-state index contributed by atoms with van der Waals surface area (Å²) in [5.41, 5.74) is 6.08. The van der Waals surface area contributed by atoms with Gasteiger partial charge in [-0.1, -0.05) is 0 Å². The molecule has 0 saturated carbocycles. The molecule has 0 aromatic heterocycles. The van der Waals surface area contributed by atoms with Gasteiger partial charge in [0, 0.05) is 13.0 Å². The van der Waals surface area contributed by atoms with Crippen molar-refractivity contribution in [1.29, 1.82) is 0 Å². The van der Waals surface area contributed by atoms with Gasteiger partial charge in [-0.05, 0) is 18.2 Å². The standard InChI is InChI=1S/C11H12FN3O2/c12-7-1-2-9-8(5-7)14-10(16)3-4-15(9)11(17)6-13/h1-2,5H,3-4,6,13H2,(H,14,16). The van der Waals surface area contributed by atoms with Crippen molar-refractivity contribution < 1.29 is 14.0 Å². The molecule has 1 aromatic carbocycles. The van der Waals surface area contributed by atoms with Crippen molar-refractivity contribution in [2.24, 2.45) is 5.73 Å². The SMILES string of the molecule is NCC(=O)N1CCC(=O)Nc2cc(F)ccc21. The van der Waals surface area contributed by atoms with E-state index in [1.165, 1.54) is 23.1 Å². The predicted octanol–water partition coefficient (Wildman–Crippen LogP) is 0.460. The second kappa shape index (κ2) is 4.50. The highest BCUT2D eigenvalue weighted by Gasteiger charge is 2.23. The van der Waals surface area contributed by atoms with Gasteiger partial charge in [0.1, 0.15) is 5.82 Å². The molecule has 6 heteroatoms. The molecule has 2 rings (SSSR count). The Morgan fingerprint density at radius 2 is 2.29 bits per heavy atom. The van der Waals surface area contributed by atoms with Crippen LogP contribution in [0.3, 0.4) is 0 Å². The first-order chi connectivity index (χ1) is 8.11. The van der Waals surface area contributed by atoms with Crippen molar-refractivity contribution in [1.82, 2.24) is 0 Å². The van der Waals surface area contributed by atoms with Crippen LogP contribution in [-0.2, 0) is 9.59 Å². The molecule has 5 nitrogen and oxygen atoms in total. The molecule has 0 unspecified atom stereocenters. The minimum atomic E-state index is -0.467. The first-order valence-electron chi connectivity index (χ1n) is 5.21. The van der Waals surface area contributed by atoms with Gasteiger partial charge in [0.15, 0.2) is 0 Å². The molecular weight excluding hydrogens is 225 g/mol. The highest BCUT2D eigenvalue weighted by atomic mass is 19.1. The summed E-state index contributed by atoms with van der Waals surface area (Å²) < 4.78 is 13.1. The topological polar surface area (TPSA) is 75.4 Å². The smallest absolute Gasteiger partial charge is 0.240 e. The molecule has 0 spiro atoms. The van der Waals surface area contributed by atoms with E-state index in [0.717, 1.165) is 0 Å². The van der Waals surface area contributed by atoms with Crippen molar-refractivity contribution in [2.75, 3.05) is 23.3 Å². The molecule has 1 heterocycles. The Balaban J connectivity index is 2.46. The van der Waals surface area contributed by atoms with Gasteiger partial charge in [-0.3, -0.25) is 9.59 Å². The average molecular weight is 237 g/mol. The maximum Gasteiger partial charge on any atom is 0.240 e. The van der Waals surface area contributed by atoms with E-state index < -0.39 is 5.82 Å². The number of nitrogens with one attached hydrogen (secondary N) is 1. The molecule has 0 atom stereocenters. The Bertz CT molecular complexity index is 476. The van der Waals surface area contributed by atoms with E-state index in [1.54, 1.807) is 0 Å². The molecule has 17 heavy (non-hydrogen) atoms. The Labute approximate surface area is 97.4 Å². The van der Waals surface area contributed by atoms with Gasteiger partial charge in [-0.15, -0.1) is 0 Å². The molecule has 1 aliphatic rings. The molecule has 3 N–H and O–H groups in total. The highest BCUT2D eigenvalue weighted by molar-refractivity contribution is 6.04. The number of carbonyl (C=O) groups is 2. The lowest BCUT2D eigenvalue weighted by Crippen LogP contribution is -2.36. The summed E-state index contributed by atoms with van der Waals surface area (Å²) in [5.74, 6) is -1.01. The lowest BCUT2D eigenvalue weighted by molar-refractivity contribution is -0.117. The van der Waals surface area contributed by atoms with Gasteiger partial charge in [-0.25, -0.2) is 4.39 Å². The average Bonchev–Trinajstić information content (AvgIpc) is 2.46. The second-order valence-corrected chi connectivity index (χ2v) is 3.71. The number of hydrogen-bond donors (Lipinski definition) is 2. The third-order valence-electron chi connectivity index (χ3n) is 2.56. The minimum Gasteiger partial charge on any atom is -0.324 e. The van der Waals surface area contributed by atoms with E-state index in [4.69, 9.17) is 5.73 Å². The third-order valence-corrected chi connectivity index (χ3v) is 2.56. The summed E-state index contributed by atoms with van der Waals surface area (Å²) in [5, 5.41) is 2.56. The van der Waals surface area contributed by atoms with Gasteiger partial charge >= 0.3 is 0 Å². The number of carbonyl (C=O) groups excluding carboxylic acids is 2. The van der Waals surface area contributed by atoms with Crippen LogP contribution in [0.15, 0.2) is 18.2 Å². The molecule has 0 radical (unpaired) electrons. The van der Waals surface area contributed by atoms with Gasteiger partial charge in [-0.2, -0.15) is 0 Å². The van der Waals surface area contributed by atoms with Gasteiger partial charge in [0.2, 0.25) is 11.8 Å². The Morgan fingerprint density at radius 3 is 3.00 bits per heavy atom. The summed E-state index contributed by atoms with van der Waals surface area (Å²) in [4.78, 5) is 24.4. The summed E-state index contributed by atoms with van der Waals surface area (Å²) in [7, 11) is 0. The number of nitrogens with zero attached hydrogens (tertiary/aromatic N) is 1. The number of halogens is 1. The molecule has 0 fully saturated rings. The summed E-state index contributed by atoms with van der Waals surface area (Å²) in [6.45, 7) is 0.103. The molecule has 0 aliphatic carbocycles. The van der Waals surface area contributed by atoms with Crippen LogP contribution < -0.4 is 16.0 Å². The normalized spacial score (nSPS) is 14.9. The molecule has 2 amide bonds. The number of anilines is 2. The number of fused-ring (bicyclic) bond motifs is 1. The van der Waals surface area contributed by atoms with E-state index in [9.17, 15) is 14.0 Å². The first-order valence-corrected chi connectivity index (χ1v) is 5.21. The Morgan fingerprint density at radius 1 is 1.53 bits per heavy atom. The van der Waals surface area contributed by atoms with Crippen molar-refractivity contribution >= 4 is 23.2 Å². The highest BCUT2D eigenvalue weighted by Crippen LogP contribution is 2.29. The molecule has 1 aliphatic heterocycles. The zero-order chi connectivity index (χ0) is 12.4. The first kappa shape index (κ1) is 11.5. The maximum atomic E-state index is 13.1. The molecule has 0 bridgehead atoms. The molecule has 0 saturated heterocycles. The van der Waals surface area contributed by atoms with Crippen LogP contribution in [-0.4, -0.2) is 24.9 Å². The van der Waals surface area contributed by atoms with Crippen LogP contribution in [0.1, 0.15) is 6.42 Å². The van der Waals surface area contributed by atoms with E-state index in [-0.39, 0.29) is 31.3 Å². The number of benzene rings is 1. The van der Waals surface area contributed by atoms with E-state index in [0.29, 0.717) is 11.4 Å². The monoisotopic (exact) mass is 237 g/mol. The Hall–Kier alpha value is -1.95. The summed E-state index contributed by atoms with van der Waals surface area (Å²) in [6.07, 6.45) is 0.169. The van der Waals surface area contributed by atoms with Crippen LogP contribution in [0.25, 0.3) is 0 Å². The van der Waals surface area contributed by atoms with Crippen LogP contribution in [0.2, 0.25) is 0 Å². The van der Waals surface area contributed by atoms with Crippen LogP contribution in [0.4, 0.5) is 15.8 Å². The van der Waals surface area contributed by atoms with Gasteiger partial charge < -0.3 is 16.0 Å². The molecule has 1 aromatic rings. The largest absolute Gasteiger partial charge is 0.324 e. The quantitative estimate of drug-likeness (QED) is 0.745. The number of rotatable bonds is 1. The number of nitrogens with two attached hydrogens (primary N) is 1. The van der Waals surface area contributed by atoms with Crippen molar-refractivity contribution in [2.45, 2.75) is 6.42 Å². The fraction of sp³-hybridized carbons (Fsp3) is 0.273. The van der Waals surface area contributed by atoms with Crippen molar-refractivity contribution in [3.63, 3.8) is 0 Å². The van der Waals surface area contributed by atoms with E-state index in [2.05, 4.69) is 5.32 Å². The fourth-order valence-corrected chi connectivity index (χ4v) is 1.76. The van der Waals surface area contributed by atoms with Gasteiger partial charge in [0.05, 0.1) is 17.9 Å². The van der Waals surface area contributed by atoms with E-state index >= 15 is 0 Å². The zero-order valence-electron chi connectivity index (χ0n) is 9.07. The van der Waals surface area contributed by atoms with Crippen molar-refractivity contribution in [3.05, 3.63) is 24.0 Å². The summed E-state index contributed by atoms with van der Waals surface area (Å²) in [6, 6.07) is 3.90. The molecule has 90 valence electrons. The second-order valence-electron chi connectivity index (χ2n) is 3.71. The lowest BCUT2D eigenvalue weighted by atomic mass is 10.2.